The molecule has 1 aliphatic carbocycles. The Kier molecular flexibility index (Phi) is 6.78. The molecule has 11 nitrogen and oxygen atoms in total. The summed E-state index contributed by atoms with van der Waals surface area (Å²) in [4.78, 5) is 34.0. The molecule has 2 atom stereocenters. The second kappa shape index (κ2) is 10.6. The van der Waals surface area contributed by atoms with E-state index in [0.717, 1.165) is 60.1 Å². The summed E-state index contributed by atoms with van der Waals surface area (Å²) in [6.07, 6.45) is 13.3. The quantitative estimate of drug-likeness (QED) is 0.319. The van der Waals surface area contributed by atoms with Gasteiger partial charge in [0.15, 0.2) is 6.17 Å². The molecule has 6 heterocycles. The lowest BCUT2D eigenvalue weighted by atomic mass is 9.83. The minimum absolute atomic E-state index is 0.193. The Hall–Kier alpha value is -3.70. The lowest BCUT2D eigenvalue weighted by Gasteiger charge is -2.30. The largest absolute Gasteiger partial charge is 0.427 e. The van der Waals surface area contributed by atoms with Gasteiger partial charge in [0.25, 0.3) is 0 Å². The standard InChI is InChI=1S/C29H34ClN9O2/c1-17-5-7-18(8-6-17)15-39-26-22(34-28(39)38-9-3-4-24(38)20-13-32-37(2)16-20)11-23(27-35-29(40)41-36-27)33-25(26)19-10-21(30)14-31-12-19/h10-14,16-18,24,27,36H,3-9,15H2,1-2H3,(H,35,40). The number of anilines is 1. The molecule has 0 radical (unpaired) electrons. The Morgan fingerprint density at radius 2 is 1.95 bits per heavy atom. The van der Waals surface area contributed by atoms with Crippen molar-refractivity contribution in [3.05, 3.63) is 53.2 Å². The summed E-state index contributed by atoms with van der Waals surface area (Å²) in [5, 5.41) is 7.76. The molecule has 41 heavy (non-hydrogen) atoms. The number of carbonyl (C=O) groups is 1. The SMILES string of the molecule is CC1CCC(Cn2c(N3CCCC3c3cnn(C)c3)nc3cc(C4NOC(=O)N4)nc(-c4cncc(Cl)c4)c32)CC1. The predicted octanol–water partition coefficient (Wildman–Crippen LogP) is 5.29. The molecule has 2 unspecified atom stereocenters. The van der Waals surface area contributed by atoms with Crippen molar-refractivity contribution in [2.45, 2.75) is 64.2 Å². The highest BCUT2D eigenvalue weighted by Gasteiger charge is 2.34. The van der Waals surface area contributed by atoms with Crippen LogP contribution in [0.5, 0.6) is 0 Å². The van der Waals surface area contributed by atoms with E-state index in [1.54, 1.807) is 12.4 Å². The first kappa shape index (κ1) is 26.2. The third kappa shape index (κ3) is 5.01. The Balaban J connectivity index is 1.41. The van der Waals surface area contributed by atoms with E-state index >= 15 is 0 Å². The number of imidazole rings is 1. The average Bonchev–Trinajstić information content (AvgIpc) is 3.76. The number of aromatic nitrogens is 6. The molecule has 1 amide bonds. The van der Waals surface area contributed by atoms with Crippen molar-refractivity contribution in [2.75, 3.05) is 11.4 Å². The van der Waals surface area contributed by atoms with Crippen LogP contribution in [0.4, 0.5) is 10.7 Å². The molecule has 0 bridgehead atoms. The Morgan fingerprint density at radius 3 is 2.68 bits per heavy atom. The van der Waals surface area contributed by atoms with E-state index < -0.39 is 12.3 Å². The molecule has 2 N–H and O–H groups in total. The van der Waals surface area contributed by atoms with Gasteiger partial charge >= 0.3 is 6.09 Å². The zero-order valence-electron chi connectivity index (χ0n) is 23.3. The number of hydrogen-bond acceptors (Lipinski definition) is 8. The van der Waals surface area contributed by atoms with E-state index in [0.29, 0.717) is 16.6 Å². The van der Waals surface area contributed by atoms with Crippen molar-refractivity contribution in [1.82, 2.24) is 40.1 Å². The van der Waals surface area contributed by atoms with Crippen LogP contribution in [0.3, 0.4) is 0 Å². The van der Waals surface area contributed by atoms with Crippen LogP contribution in [0.1, 0.15) is 68.9 Å². The maximum Gasteiger partial charge on any atom is 0.427 e. The minimum atomic E-state index is -0.596. The van der Waals surface area contributed by atoms with Crippen LogP contribution in [0, 0.1) is 11.8 Å². The van der Waals surface area contributed by atoms with E-state index in [9.17, 15) is 4.79 Å². The van der Waals surface area contributed by atoms with Crippen molar-refractivity contribution in [1.29, 1.82) is 0 Å². The predicted molar refractivity (Wildman–Crippen MR) is 155 cm³/mol. The van der Waals surface area contributed by atoms with Crippen LogP contribution in [0.2, 0.25) is 5.02 Å². The molecule has 2 aliphatic heterocycles. The molecule has 214 valence electrons. The summed E-state index contributed by atoms with van der Waals surface area (Å²) in [6.45, 7) is 4.12. The molecular weight excluding hydrogens is 542 g/mol. The van der Waals surface area contributed by atoms with Crippen molar-refractivity contribution in [2.24, 2.45) is 18.9 Å². The Morgan fingerprint density at radius 1 is 1.10 bits per heavy atom. The second-order valence-corrected chi connectivity index (χ2v) is 12.1. The number of amides is 1. The molecule has 3 fully saturated rings. The van der Waals surface area contributed by atoms with Gasteiger partial charge in [-0.2, -0.15) is 5.10 Å². The van der Waals surface area contributed by atoms with Gasteiger partial charge in [-0.3, -0.25) is 15.0 Å². The fraction of sp³-hybridized carbons (Fsp3) is 0.483. The zero-order chi connectivity index (χ0) is 28.1. The van der Waals surface area contributed by atoms with Gasteiger partial charge in [-0.1, -0.05) is 31.4 Å². The van der Waals surface area contributed by atoms with Crippen molar-refractivity contribution >= 4 is 34.7 Å². The number of hydrogen-bond donors (Lipinski definition) is 2. The van der Waals surface area contributed by atoms with Crippen LogP contribution >= 0.6 is 11.6 Å². The normalized spacial score (nSPS) is 24.7. The Bertz CT molecular complexity index is 1590. The fourth-order valence-electron chi connectivity index (χ4n) is 6.60. The van der Waals surface area contributed by atoms with E-state index in [-0.39, 0.29) is 6.04 Å². The number of nitrogens with zero attached hydrogens (tertiary/aromatic N) is 7. The van der Waals surface area contributed by atoms with Gasteiger partial charge in [0.2, 0.25) is 5.95 Å². The summed E-state index contributed by atoms with van der Waals surface area (Å²) in [5.41, 5.74) is 7.83. The molecule has 1 saturated carbocycles. The minimum Gasteiger partial charge on any atom is -0.351 e. The fourth-order valence-corrected chi connectivity index (χ4v) is 6.78. The van der Waals surface area contributed by atoms with Gasteiger partial charge in [-0.25, -0.2) is 14.8 Å². The zero-order valence-corrected chi connectivity index (χ0v) is 24.0. The number of halogens is 1. The van der Waals surface area contributed by atoms with Crippen LogP contribution in [-0.2, 0) is 18.4 Å². The average molecular weight is 576 g/mol. The topological polar surface area (TPSA) is 115 Å². The van der Waals surface area contributed by atoms with E-state index in [1.807, 2.05) is 30.1 Å². The highest BCUT2D eigenvalue weighted by molar-refractivity contribution is 6.30. The molecule has 2 saturated heterocycles. The van der Waals surface area contributed by atoms with Crippen molar-refractivity contribution in [3.63, 3.8) is 0 Å². The summed E-state index contributed by atoms with van der Waals surface area (Å²) in [6, 6.07) is 4.02. The van der Waals surface area contributed by atoms with Gasteiger partial charge in [0.1, 0.15) is 0 Å². The number of hydroxylamine groups is 1. The van der Waals surface area contributed by atoms with E-state index in [4.69, 9.17) is 26.4 Å². The first-order valence-corrected chi connectivity index (χ1v) is 14.8. The van der Waals surface area contributed by atoms with Gasteiger partial charge < -0.3 is 14.3 Å². The number of carbonyl (C=O) groups excluding carboxylic acids is 1. The first-order valence-electron chi connectivity index (χ1n) is 14.4. The summed E-state index contributed by atoms with van der Waals surface area (Å²) >= 11 is 6.42. The monoisotopic (exact) mass is 575 g/mol. The second-order valence-electron chi connectivity index (χ2n) is 11.7. The third-order valence-electron chi connectivity index (χ3n) is 8.73. The van der Waals surface area contributed by atoms with Crippen molar-refractivity contribution in [3.8, 4) is 11.3 Å². The van der Waals surface area contributed by atoms with Crippen LogP contribution in [-0.4, -0.2) is 41.9 Å². The summed E-state index contributed by atoms with van der Waals surface area (Å²) in [5.74, 6) is 2.27. The van der Waals surface area contributed by atoms with Crippen LogP contribution < -0.4 is 15.7 Å². The van der Waals surface area contributed by atoms with Crippen molar-refractivity contribution < 1.29 is 9.63 Å². The molecular formula is C29H34ClN9O2. The number of fused-ring (bicyclic) bond motifs is 1. The number of aryl methyl sites for hydroxylation is 1. The number of pyridine rings is 2. The number of nitrogens with one attached hydrogen (secondary N) is 2. The lowest BCUT2D eigenvalue weighted by Crippen LogP contribution is -2.27. The maximum atomic E-state index is 11.9. The molecule has 7 rings (SSSR count). The summed E-state index contributed by atoms with van der Waals surface area (Å²) < 4.78 is 4.25. The van der Waals surface area contributed by atoms with Gasteiger partial charge in [0.05, 0.1) is 39.7 Å². The van der Waals surface area contributed by atoms with E-state index in [1.165, 1.54) is 31.2 Å². The number of rotatable bonds is 6. The lowest BCUT2D eigenvalue weighted by molar-refractivity contribution is 0.121. The third-order valence-corrected chi connectivity index (χ3v) is 8.93. The Labute approximate surface area is 243 Å². The molecule has 0 spiro atoms. The van der Waals surface area contributed by atoms with Crippen LogP contribution in [0.25, 0.3) is 22.3 Å². The highest BCUT2D eigenvalue weighted by atomic mass is 35.5. The first-order chi connectivity index (χ1) is 19.9. The van der Waals surface area contributed by atoms with E-state index in [2.05, 4.69) is 43.5 Å². The molecule has 4 aromatic heterocycles. The maximum absolute atomic E-state index is 11.9. The highest BCUT2D eigenvalue weighted by Crippen LogP contribution is 2.41. The van der Waals surface area contributed by atoms with Gasteiger partial charge in [-0.15, -0.1) is 5.48 Å². The summed E-state index contributed by atoms with van der Waals surface area (Å²) in [7, 11) is 1.96. The molecule has 3 aliphatic rings. The van der Waals surface area contributed by atoms with Gasteiger partial charge in [-0.05, 0) is 49.7 Å². The molecule has 0 aromatic carbocycles. The molecule has 4 aromatic rings. The molecule has 12 heteroatoms. The van der Waals surface area contributed by atoms with Crippen LogP contribution in [0.15, 0.2) is 36.9 Å². The smallest absolute Gasteiger partial charge is 0.351 e. The van der Waals surface area contributed by atoms with Gasteiger partial charge in [0, 0.05) is 49.9 Å².